The van der Waals surface area contributed by atoms with Gasteiger partial charge in [0, 0.05) is 11.4 Å². The van der Waals surface area contributed by atoms with Crippen LogP contribution in [0.15, 0.2) is 58.0 Å². The molecule has 0 saturated heterocycles. The van der Waals surface area contributed by atoms with Gasteiger partial charge in [-0.3, -0.25) is 19.2 Å². The van der Waals surface area contributed by atoms with Crippen LogP contribution in [0.25, 0.3) is 0 Å². The molecule has 4 amide bonds. The van der Waals surface area contributed by atoms with E-state index >= 15 is 0 Å². The van der Waals surface area contributed by atoms with Crippen LogP contribution in [0.4, 0.5) is 11.4 Å². The molecule has 10 heteroatoms. The highest BCUT2D eigenvalue weighted by Crippen LogP contribution is 2.16. The molecule has 0 spiro atoms. The lowest BCUT2D eigenvalue weighted by Crippen LogP contribution is -2.34. The average molecular weight is 490 g/mol. The number of benzene rings is 2. The number of carbonyl (C=O) groups excluding carboxylic acids is 4. The van der Waals surface area contributed by atoms with Gasteiger partial charge in [-0.1, -0.05) is 18.2 Å². The molecule has 0 radical (unpaired) electrons. The van der Waals surface area contributed by atoms with Gasteiger partial charge in [0.2, 0.25) is 0 Å². The molecule has 36 heavy (non-hydrogen) atoms. The first-order valence-electron chi connectivity index (χ1n) is 11.1. The van der Waals surface area contributed by atoms with Gasteiger partial charge in [-0.25, -0.2) is 5.43 Å². The summed E-state index contributed by atoms with van der Waals surface area (Å²) in [6.45, 7) is 7.53. The zero-order valence-corrected chi connectivity index (χ0v) is 20.4. The average Bonchev–Trinajstić information content (AvgIpc) is 3.29. The van der Waals surface area contributed by atoms with Crippen LogP contribution in [-0.4, -0.2) is 29.8 Å². The van der Waals surface area contributed by atoms with Crippen molar-refractivity contribution >= 4 is 41.2 Å². The van der Waals surface area contributed by atoms with Gasteiger partial charge < -0.3 is 20.4 Å². The third-order valence-electron chi connectivity index (χ3n) is 5.28. The van der Waals surface area contributed by atoms with E-state index in [2.05, 4.69) is 26.5 Å². The number of nitrogens with one attached hydrogen (secondary N) is 4. The minimum absolute atomic E-state index is 0.0301. The van der Waals surface area contributed by atoms with E-state index in [9.17, 15) is 19.2 Å². The second-order valence-corrected chi connectivity index (χ2v) is 8.21. The minimum Gasteiger partial charge on any atom is -0.458 e. The topological polar surface area (TPSA) is 142 Å². The predicted octanol–water partition coefficient (Wildman–Crippen LogP) is 2.86. The maximum absolute atomic E-state index is 12.1. The Hall–Kier alpha value is -4.73. The summed E-state index contributed by atoms with van der Waals surface area (Å²) in [5.74, 6) is -2.78. The number of rotatable bonds is 6. The highest BCUT2D eigenvalue weighted by atomic mass is 16.3. The molecule has 0 aliphatic carbocycles. The third-order valence-corrected chi connectivity index (χ3v) is 5.28. The highest BCUT2D eigenvalue weighted by Gasteiger charge is 2.15. The van der Waals surface area contributed by atoms with Crippen molar-refractivity contribution in [2.45, 2.75) is 34.2 Å². The normalized spacial score (nSPS) is 10.7. The number of aryl methyl sites for hydroxylation is 4. The Bertz CT molecular complexity index is 1340. The molecular formula is C26H27N5O5. The smallest absolute Gasteiger partial charge is 0.329 e. The second-order valence-electron chi connectivity index (χ2n) is 8.21. The van der Waals surface area contributed by atoms with Crippen LogP contribution < -0.4 is 21.4 Å². The summed E-state index contributed by atoms with van der Waals surface area (Å²) in [6.07, 6.45) is 1.21. The fraction of sp³-hybridized carbons (Fsp3) is 0.192. The maximum atomic E-state index is 12.1. The SMILES string of the molecule is Cc1ccc(C)c(NC(=O)C(=O)N/N=C/c2ccc(CNC(=O)C(=O)Nc3ccc(C)c(C)c3)o2)c1. The minimum atomic E-state index is -0.944. The van der Waals surface area contributed by atoms with Gasteiger partial charge in [0.1, 0.15) is 11.5 Å². The molecule has 0 aliphatic heterocycles. The summed E-state index contributed by atoms with van der Waals surface area (Å²) in [4.78, 5) is 48.3. The van der Waals surface area contributed by atoms with Crippen LogP contribution in [0.3, 0.4) is 0 Å². The quantitative estimate of drug-likeness (QED) is 0.239. The van der Waals surface area contributed by atoms with Crippen molar-refractivity contribution in [3.63, 3.8) is 0 Å². The van der Waals surface area contributed by atoms with Gasteiger partial charge in [-0.05, 0) is 80.3 Å². The van der Waals surface area contributed by atoms with Crippen LogP contribution >= 0.6 is 0 Å². The number of furan rings is 1. The van der Waals surface area contributed by atoms with Crippen LogP contribution in [-0.2, 0) is 25.7 Å². The van der Waals surface area contributed by atoms with Crippen LogP contribution in [0, 0.1) is 27.7 Å². The Morgan fingerprint density at radius 1 is 0.778 bits per heavy atom. The summed E-state index contributed by atoms with van der Waals surface area (Å²) >= 11 is 0. The lowest BCUT2D eigenvalue weighted by Gasteiger charge is -2.08. The van der Waals surface area contributed by atoms with Crippen molar-refractivity contribution in [2.24, 2.45) is 5.10 Å². The van der Waals surface area contributed by atoms with Gasteiger partial charge in [0.15, 0.2) is 0 Å². The standard InChI is InChI=1S/C26H27N5O5/c1-15-5-6-17(3)22(11-15)30-25(34)26(35)31-28-14-21-10-9-20(36-21)13-27-23(32)24(33)29-19-8-7-16(2)18(4)12-19/h5-12,14H,13H2,1-4H3,(H,27,32)(H,29,33)(H,30,34)(H,31,35)/b28-14+. The van der Waals surface area contributed by atoms with Crippen molar-refractivity contribution < 1.29 is 23.6 Å². The van der Waals surface area contributed by atoms with E-state index in [-0.39, 0.29) is 12.3 Å². The van der Waals surface area contributed by atoms with Gasteiger partial charge in [-0.2, -0.15) is 5.10 Å². The van der Waals surface area contributed by atoms with E-state index < -0.39 is 23.6 Å². The zero-order valence-electron chi connectivity index (χ0n) is 20.4. The second kappa shape index (κ2) is 11.6. The Labute approximate surface area is 208 Å². The van der Waals surface area contributed by atoms with Crippen LogP contribution in [0.5, 0.6) is 0 Å². The summed E-state index contributed by atoms with van der Waals surface area (Å²) in [6, 6.07) is 14.0. The number of nitrogens with zero attached hydrogens (tertiary/aromatic N) is 1. The molecule has 186 valence electrons. The molecule has 0 aliphatic rings. The molecule has 0 bridgehead atoms. The lowest BCUT2D eigenvalue weighted by atomic mass is 10.1. The van der Waals surface area contributed by atoms with Crippen LogP contribution in [0.1, 0.15) is 33.8 Å². The van der Waals surface area contributed by atoms with Crippen LogP contribution in [0.2, 0.25) is 0 Å². The number of hydrogen-bond donors (Lipinski definition) is 4. The van der Waals surface area contributed by atoms with Crippen molar-refractivity contribution in [3.05, 3.63) is 82.3 Å². The molecule has 2 aromatic carbocycles. The lowest BCUT2D eigenvalue weighted by molar-refractivity contribution is -0.136. The van der Waals surface area contributed by atoms with Crippen molar-refractivity contribution in [1.82, 2.24) is 10.7 Å². The van der Waals surface area contributed by atoms with E-state index in [1.54, 1.807) is 30.3 Å². The Morgan fingerprint density at radius 2 is 1.50 bits per heavy atom. The number of anilines is 2. The van der Waals surface area contributed by atoms with Crippen molar-refractivity contribution in [3.8, 4) is 0 Å². The fourth-order valence-electron chi connectivity index (χ4n) is 3.07. The van der Waals surface area contributed by atoms with Crippen molar-refractivity contribution in [2.75, 3.05) is 10.6 Å². The Morgan fingerprint density at radius 3 is 2.25 bits per heavy atom. The van der Waals surface area contributed by atoms with E-state index in [1.165, 1.54) is 6.21 Å². The maximum Gasteiger partial charge on any atom is 0.329 e. The number of carbonyl (C=O) groups is 4. The molecule has 4 N–H and O–H groups in total. The largest absolute Gasteiger partial charge is 0.458 e. The molecule has 3 rings (SSSR count). The van der Waals surface area contributed by atoms with E-state index in [0.29, 0.717) is 17.1 Å². The number of hydrazone groups is 1. The number of hydrogen-bond acceptors (Lipinski definition) is 6. The molecule has 0 fully saturated rings. The van der Waals surface area contributed by atoms with Gasteiger partial charge in [0.25, 0.3) is 0 Å². The Kier molecular flexibility index (Phi) is 8.35. The van der Waals surface area contributed by atoms with E-state index in [1.807, 2.05) is 45.9 Å². The Balaban J connectivity index is 1.45. The fourth-order valence-corrected chi connectivity index (χ4v) is 3.07. The molecule has 10 nitrogen and oxygen atoms in total. The summed E-state index contributed by atoms with van der Waals surface area (Å²) in [7, 11) is 0. The molecule has 0 atom stereocenters. The molecule has 1 aromatic heterocycles. The third kappa shape index (κ3) is 7.13. The first kappa shape index (κ1) is 25.9. The molecular weight excluding hydrogens is 462 g/mol. The molecule has 1 heterocycles. The summed E-state index contributed by atoms with van der Waals surface area (Å²) in [5, 5.41) is 11.3. The number of amides is 4. The highest BCUT2D eigenvalue weighted by molar-refractivity contribution is 6.40. The summed E-state index contributed by atoms with van der Waals surface area (Å²) < 4.78 is 5.48. The molecule has 0 unspecified atom stereocenters. The van der Waals surface area contributed by atoms with Crippen molar-refractivity contribution in [1.29, 1.82) is 0 Å². The van der Waals surface area contributed by atoms with Gasteiger partial charge >= 0.3 is 23.6 Å². The van der Waals surface area contributed by atoms with Gasteiger partial charge in [-0.15, -0.1) is 0 Å². The van der Waals surface area contributed by atoms with E-state index in [4.69, 9.17) is 4.42 Å². The first-order valence-corrected chi connectivity index (χ1v) is 11.1. The van der Waals surface area contributed by atoms with E-state index in [0.717, 1.165) is 22.3 Å². The zero-order chi connectivity index (χ0) is 26.2. The predicted molar refractivity (Wildman–Crippen MR) is 135 cm³/mol. The monoisotopic (exact) mass is 489 g/mol. The molecule has 3 aromatic rings. The first-order chi connectivity index (χ1) is 17.1. The van der Waals surface area contributed by atoms with Gasteiger partial charge in [0.05, 0.1) is 12.8 Å². The molecule has 0 saturated carbocycles. The summed E-state index contributed by atoms with van der Waals surface area (Å²) in [5.41, 5.74) is 7.04.